The third-order valence-corrected chi connectivity index (χ3v) is 3.27. The summed E-state index contributed by atoms with van der Waals surface area (Å²) in [4.78, 5) is 4.54. The van der Waals surface area contributed by atoms with Gasteiger partial charge in [0, 0.05) is 25.1 Å². The lowest BCUT2D eigenvalue weighted by Crippen LogP contribution is -2.15. The maximum Gasteiger partial charge on any atom is 0.163 e. The zero-order valence-corrected chi connectivity index (χ0v) is 10.8. The van der Waals surface area contributed by atoms with Crippen LogP contribution in [0, 0.1) is 18.3 Å². The molecular weight excluding hydrogens is 242 g/mol. The quantitative estimate of drug-likeness (QED) is 0.792. The molecule has 19 heavy (non-hydrogen) atoms. The number of unbranched alkanes of at least 4 members (excludes halogenated alkanes) is 1. The molecule has 1 aromatic carbocycles. The number of imidazole rings is 1. The Labute approximate surface area is 111 Å². The van der Waals surface area contributed by atoms with Crippen LogP contribution in [0.3, 0.4) is 0 Å². The molecule has 3 rings (SSSR count). The normalized spacial score (nSPS) is 13.5. The number of hydrogen-bond acceptors (Lipinski definition) is 4. The number of benzene rings is 1. The molecule has 0 radical (unpaired) electrons. The van der Waals surface area contributed by atoms with Gasteiger partial charge in [-0.3, -0.25) is 0 Å². The molecule has 5 nitrogen and oxygen atoms in total. The molecule has 5 heteroatoms. The van der Waals surface area contributed by atoms with Crippen LogP contribution in [0.5, 0.6) is 11.5 Å². The highest BCUT2D eigenvalue weighted by atomic mass is 16.6. The average Bonchev–Trinajstić information content (AvgIpc) is 2.72. The molecule has 0 bridgehead atoms. The van der Waals surface area contributed by atoms with E-state index in [-0.39, 0.29) is 0 Å². The van der Waals surface area contributed by atoms with E-state index in [1.165, 1.54) is 0 Å². The van der Waals surface area contributed by atoms with Crippen LogP contribution in [0.2, 0.25) is 0 Å². The predicted octanol–water partition coefficient (Wildman–Crippen LogP) is 2.42. The van der Waals surface area contributed by atoms with E-state index in [9.17, 15) is 0 Å². The predicted molar refractivity (Wildman–Crippen MR) is 70.3 cm³/mol. The molecule has 0 N–H and O–H groups in total. The number of nitriles is 1. The van der Waals surface area contributed by atoms with Crippen LogP contribution in [0.4, 0.5) is 0 Å². The highest BCUT2D eigenvalue weighted by molar-refractivity contribution is 5.80. The van der Waals surface area contributed by atoms with Crippen LogP contribution in [0.15, 0.2) is 12.1 Å². The van der Waals surface area contributed by atoms with Gasteiger partial charge in [0.05, 0.1) is 17.1 Å². The Balaban J connectivity index is 2.02. The van der Waals surface area contributed by atoms with Gasteiger partial charge in [-0.1, -0.05) is 0 Å². The number of aromatic nitrogens is 2. The molecule has 1 aliphatic heterocycles. The SMILES string of the molecule is Cc1nc2cc3c(cc2n1CCCC#N)OCCO3. The summed E-state index contributed by atoms with van der Waals surface area (Å²) in [5, 5.41) is 8.62. The number of nitrogens with zero attached hydrogens (tertiary/aromatic N) is 3. The Morgan fingerprint density at radius 3 is 2.79 bits per heavy atom. The summed E-state index contributed by atoms with van der Waals surface area (Å²) in [7, 11) is 0. The van der Waals surface area contributed by atoms with Crippen molar-refractivity contribution in [2.75, 3.05) is 13.2 Å². The molecule has 98 valence electrons. The van der Waals surface area contributed by atoms with E-state index in [1.807, 2.05) is 19.1 Å². The van der Waals surface area contributed by atoms with Crippen molar-refractivity contribution in [2.45, 2.75) is 26.3 Å². The first-order chi connectivity index (χ1) is 9.29. The van der Waals surface area contributed by atoms with Gasteiger partial charge < -0.3 is 14.0 Å². The monoisotopic (exact) mass is 257 g/mol. The third kappa shape index (κ3) is 2.10. The van der Waals surface area contributed by atoms with Gasteiger partial charge in [0.1, 0.15) is 19.0 Å². The first-order valence-electron chi connectivity index (χ1n) is 6.43. The van der Waals surface area contributed by atoms with Gasteiger partial charge in [-0.05, 0) is 13.3 Å². The van der Waals surface area contributed by atoms with Crippen LogP contribution in [0.25, 0.3) is 11.0 Å². The lowest BCUT2D eigenvalue weighted by molar-refractivity contribution is 0.172. The highest BCUT2D eigenvalue weighted by Gasteiger charge is 2.16. The van der Waals surface area contributed by atoms with Crippen LogP contribution in [-0.2, 0) is 6.54 Å². The summed E-state index contributed by atoms with van der Waals surface area (Å²) >= 11 is 0. The minimum atomic E-state index is 0.559. The lowest BCUT2D eigenvalue weighted by Gasteiger charge is -2.18. The highest BCUT2D eigenvalue weighted by Crippen LogP contribution is 2.34. The Hall–Kier alpha value is -2.22. The van der Waals surface area contributed by atoms with Crippen molar-refractivity contribution >= 4 is 11.0 Å². The fraction of sp³-hybridized carbons (Fsp3) is 0.429. The molecule has 0 fully saturated rings. The zero-order valence-electron chi connectivity index (χ0n) is 10.8. The molecule has 1 aromatic heterocycles. The van der Waals surface area contributed by atoms with Crippen molar-refractivity contribution in [2.24, 2.45) is 0 Å². The minimum absolute atomic E-state index is 0.559. The fourth-order valence-electron chi connectivity index (χ4n) is 2.38. The fourth-order valence-corrected chi connectivity index (χ4v) is 2.38. The second-order valence-electron chi connectivity index (χ2n) is 4.56. The molecular formula is C14H15N3O2. The first kappa shape index (κ1) is 11.8. The standard InChI is InChI=1S/C14H15N3O2/c1-10-16-11-8-13-14(19-7-6-18-13)9-12(11)17(10)5-3-2-4-15/h8-9H,2-3,5-7H2,1H3. The van der Waals surface area contributed by atoms with Gasteiger partial charge in [0.25, 0.3) is 0 Å². The average molecular weight is 257 g/mol. The minimum Gasteiger partial charge on any atom is -0.486 e. The van der Waals surface area contributed by atoms with E-state index in [4.69, 9.17) is 14.7 Å². The Morgan fingerprint density at radius 2 is 2.05 bits per heavy atom. The maximum atomic E-state index is 8.62. The maximum absolute atomic E-state index is 8.62. The van der Waals surface area contributed by atoms with Gasteiger partial charge in [-0.15, -0.1) is 0 Å². The summed E-state index contributed by atoms with van der Waals surface area (Å²) in [5.74, 6) is 2.50. The number of rotatable bonds is 3. The molecule has 2 heterocycles. The van der Waals surface area contributed by atoms with Crippen molar-refractivity contribution in [3.8, 4) is 17.6 Å². The van der Waals surface area contributed by atoms with Crippen molar-refractivity contribution in [3.05, 3.63) is 18.0 Å². The molecule has 0 aliphatic carbocycles. The van der Waals surface area contributed by atoms with Gasteiger partial charge in [0.2, 0.25) is 0 Å². The lowest BCUT2D eigenvalue weighted by atomic mass is 10.2. The number of aryl methyl sites for hydroxylation is 2. The van der Waals surface area contributed by atoms with Crippen LogP contribution >= 0.6 is 0 Å². The number of hydrogen-bond donors (Lipinski definition) is 0. The van der Waals surface area contributed by atoms with Crippen LogP contribution < -0.4 is 9.47 Å². The van der Waals surface area contributed by atoms with E-state index < -0.39 is 0 Å². The largest absolute Gasteiger partial charge is 0.486 e. The number of fused-ring (bicyclic) bond motifs is 2. The van der Waals surface area contributed by atoms with Gasteiger partial charge >= 0.3 is 0 Å². The van der Waals surface area contributed by atoms with Crippen molar-refractivity contribution in [1.29, 1.82) is 5.26 Å². The second-order valence-corrected chi connectivity index (χ2v) is 4.56. The molecule has 0 amide bonds. The summed E-state index contributed by atoms with van der Waals surface area (Å²) in [6, 6.07) is 6.08. The molecule has 1 aliphatic rings. The van der Waals surface area contributed by atoms with Crippen molar-refractivity contribution < 1.29 is 9.47 Å². The smallest absolute Gasteiger partial charge is 0.163 e. The molecule has 0 atom stereocenters. The Kier molecular flexibility index (Phi) is 3.00. The van der Waals surface area contributed by atoms with Crippen LogP contribution in [0.1, 0.15) is 18.7 Å². The van der Waals surface area contributed by atoms with Gasteiger partial charge in [-0.2, -0.15) is 5.26 Å². The Bertz CT molecular complexity index is 655. The zero-order chi connectivity index (χ0) is 13.2. The van der Waals surface area contributed by atoms with Gasteiger partial charge in [0.15, 0.2) is 11.5 Å². The summed E-state index contributed by atoms with van der Waals surface area (Å²) in [6.07, 6.45) is 1.39. The van der Waals surface area contributed by atoms with E-state index in [1.54, 1.807) is 0 Å². The number of ether oxygens (including phenoxy) is 2. The van der Waals surface area contributed by atoms with E-state index in [2.05, 4.69) is 15.6 Å². The molecule has 0 saturated carbocycles. The second kappa shape index (κ2) is 4.81. The first-order valence-corrected chi connectivity index (χ1v) is 6.43. The molecule has 0 unspecified atom stereocenters. The summed E-state index contributed by atoms with van der Waals surface area (Å²) in [5.41, 5.74) is 1.96. The van der Waals surface area contributed by atoms with Crippen LogP contribution in [-0.4, -0.2) is 22.8 Å². The molecule has 2 aromatic rings. The van der Waals surface area contributed by atoms with E-state index in [0.717, 1.165) is 41.3 Å². The molecule has 0 saturated heterocycles. The third-order valence-electron chi connectivity index (χ3n) is 3.27. The summed E-state index contributed by atoms with van der Waals surface area (Å²) < 4.78 is 13.3. The van der Waals surface area contributed by atoms with E-state index >= 15 is 0 Å². The summed E-state index contributed by atoms with van der Waals surface area (Å²) in [6.45, 7) is 3.95. The van der Waals surface area contributed by atoms with Crippen molar-refractivity contribution in [1.82, 2.24) is 9.55 Å². The van der Waals surface area contributed by atoms with E-state index in [0.29, 0.717) is 19.6 Å². The van der Waals surface area contributed by atoms with Gasteiger partial charge in [-0.25, -0.2) is 4.98 Å². The Morgan fingerprint density at radius 1 is 1.32 bits per heavy atom. The topological polar surface area (TPSA) is 60.1 Å². The van der Waals surface area contributed by atoms with Crippen molar-refractivity contribution in [3.63, 3.8) is 0 Å². The molecule has 0 spiro atoms.